The van der Waals surface area contributed by atoms with Crippen molar-refractivity contribution >= 4 is 15.9 Å². The van der Waals surface area contributed by atoms with Crippen LogP contribution in [0, 0.1) is 5.41 Å². The Hall–Kier alpha value is -0.620. The summed E-state index contributed by atoms with van der Waals surface area (Å²) in [4.78, 5) is 11.4. The third-order valence-corrected chi connectivity index (χ3v) is 7.71. The SMILES string of the molecule is O=C1CC2(CCN(S(=O)(=O)C3CCCCC3)CC2)CN1. The number of piperidine rings is 1. The van der Waals surface area contributed by atoms with Crippen molar-refractivity contribution in [2.24, 2.45) is 5.41 Å². The van der Waals surface area contributed by atoms with Gasteiger partial charge in [0, 0.05) is 26.1 Å². The van der Waals surface area contributed by atoms with Gasteiger partial charge in [-0.2, -0.15) is 0 Å². The number of hydrogen-bond acceptors (Lipinski definition) is 3. The molecule has 2 heterocycles. The second-order valence-electron chi connectivity index (χ2n) is 6.66. The zero-order valence-electron chi connectivity index (χ0n) is 11.9. The van der Waals surface area contributed by atoms with Gasteiger partial charge in [0.05, 0.1) is 5.25 Å². The normalized spacial score (nSPS) is 28.7. The lowest BCUT2D eigenvalue weighted by Crippen LogP contribution is -2.47. The maximum absolute atomic E-state index is 12.7. The van der Waals surface area contributed by atoms with Crippen molar-refractivity contribution in [3.63, 3.8) is 0 Å². The first kappa shape index (κ1) is 14.3. The van der Waals surface area contributed by atoms with Gasteiger partial charge in [-0.1, -0.05) is 19.3 Å². The monoisotopic (exact) mass is 300 g/mol. The quantitative estimate of drug-likeness (QED) is 0.834. The van der Waals surface area contributed by atoms with E-state index >= 15 is 0 Å². The highest BCUT2D eigenvalue weighted by molar-refractivity contribution is 7.89. The zero-order valence-corrected chi connectivity index (χ0v) is 12.8. The summed E-state index contributed by atoms with van der Waals surface area (Å²) in [5, 5.41) is 2.73. The third-order valence-electron chi connectivity index (χ3n) is 5.31. The second kappa shape index (κ2) is 5.30. The molecule has 3 rings (SSSR count). The molecule has 1 amide bonds. The largest absolute Gasteiger partial charge is 0.356 e. The molecular formula is C14H24N2O3S. The molecule has 0 bridgehead atoms. The van der Waals surface area contributed by atoms with Crippen LogP contribution in [0.4, 0.5) is 0 Å². The number of carbonyl (C=O) groups is 1. The molecule has 1 aliphatic carbocycles. The highest BCUT2D eigenvalue weighted by Crippen LogP contribution is 2.39. The van der Waals surface area contributed by atoms with Gasteiger partial charge in [0.2, 0.25) is 15.9 Å². The molecule has 0 aromatic carbocycles. The number of hydrogen-bond donors (Lipinski definition) is 1. The molecule has 3 aliphatic rings. The minimum atomic E-state index is -3.12. The Balaban J connectivity index is 1.64. The number of nitrogens with zero attached hydrogens (tertiary/aromatic N) is 1. The standard InChI is InChI=1S/C14H24N2O3S/c17-13-10-14(11-15-13)6-8-16(9-7-14)20(18,19)12-4-2-1-3-5-12/h12H,1-11H2,(H,15,17). The van der Waals surface area contributed by atoms with E-state index < -0.39 is 10.0 Å². The first-order valence-electron chi connectivity index (χ1n) is 7.78. The average Bonchev–Trinajstić information content (AvgIpc) is 2.81. The Morgan fingerprint density at radius 1 is 1.10 bits per heavy atom. The highest BCUT2D eigenvalue weighted by atomic mass is 32.2. The van der Waals surface area contributed by atoms with Crippen LogP contribution in [0.25, 0.3) is 0 Å². The first-order valence-corrected chi connectivity index (χ1v) is 9.28. The van der Waals surface area contributed by atoms with Gasteiger partial charge in [0.25, 0.3) is 0 Å². The van der Waals surface area contributed by atoms with Gasteiger partial charge in [0.15, 0.2) is 0 Å². The van der Waals surface area contributed by atoms with Crippen molar-refractivity contribution < 1.29 is 13.2 Å². The van der Waals surface area contributed by atoms with Crippen molar-refractivity contribution in [1.82, 2.24) is 9.62 Å². The van der Waals surface area contributed by atoms with Crippen molar-refractivity contribution in [1.29, 1.82) is 0 Å². The minimum absolute atomic E-state index is 0.0235. The Labute approximate surface area is 121 Å². The summed E-state index contributed by atoms with van der Waals surface area (Å²) in [7, 11) is -3.12. The van der Waals surface area contributed by atoms with Crippen LogP contribution in [-0.4, -0.2) is 43.5 Å². The Morgan fingerprint density at radius 2 is 1.75 bits per heavy atom. The number of sulfonamides is 1. The van der Waals surface area contributed by atoms with Crippen LogP contribution in [0.3, 0.4) is 0 Å². The summed E-state index contributed by atoms with van der Waals surface area (Å²) >= 11 is 0. The molecule has 3 fully saturated rings. The van der Waals surface area contributed by atoms with E-state index in [2.05, 4.69) is 5.32 Å². The van der Waals surface area contributed by atoms with Gasteiger partial charge in [-0.05, 0) is 31.1 Å². The van der Waals surface area contributed by atoms with E-state index in [4.69, 9.17) is 0 Å². The number of carbonyl (C=O) groups excluding carboxylic acids is 1. The lowest BCUT2D eigenvalue weighted by Gasteiger charge is -2.39. The number of nitrogens with one attached hydrogen (secondary N) is 1. The molecule has 1 spiro atoms. The van der Waals surface area contributed by atoms with E-state index in [1.54, 1.807) is 4.31 Å². The smallest absolute Gasteiger partial charge is 0.220 e. The lowest BCUT2D eigenvalue weighted by atomic mass is 9.78. The fourth-order valence-electron chi connectivity index (χ4n) is 3.89. The van der Waals surface area contributed by atoms with Crippen LogP contribution in [0.15, 0.2) is 0 Å². The van der Waals surface area contributed by atoms with Gasteiger partial charge in [0.1, 0.15) is 0 Å². The van der Waals surface area contributed by atoms with Crippen LogP contribution in [0.2, 0.25) is 0 Å². The molecule has 2 saturated heterocycles. The van der Waals surface area contributed by atoms with E-state index in [1.165, 1.54) is 6.42 Å². The maximum atomic E-state index is 12.7. The summed E-state index contributed by atoms with van der Waals surface area (Å²) in [6.45, 7) is 1.91. The molecule has 5 nitrogen and oxygen atoms in total. The Morgan fingerprint density at radius 3 is 2.30 bits per heavy atom. The molecule has 0 unspecified atom stereocenters. The molecular weight excluding hydrogens is 276 g/mol. The summed E-state index contributed by atoms with van der Waals surface area (Å²) in [5.74, 6) is 0.119. The van der Waals surface area contributed by atoms with E-state index in [9.17, 15) is 13.2 Å². The summed E-state index contributed by atoms with van der Waals surface area (Å²) in [6.07, 6.45) is 7.11. The molecule has 0 radical (unpaired) electrons. The Bertz CT molecular complexity index is 475. The molecule has 0 atom stereocenters. The van der Waals surface area contributed by atoms with Crippen LogP contribution >= 0.6 is 0 Å². The fraction of sp³-hybridized carbons (Fsp3) is 0.929. The van der Waals surface area contributed by atoms with Gasteiger partial charge in [-0.15, -0.1) is 0 Å². The first-order chi connectivity index (χ1) is 9.52. The van der Waals surface area contributed by atoms with E-state index in [0.717, 1.165) is 45.1 Å². The zero-order chi connectivity index (χ0) is 14.2. The van der Waals surface area contributed by atoms with Crippen molar-refractivity contribution in [2.75, 3.05) is 19.6 Å². The summed E-state index contributed by atoms with van der Waals surface area (Å²) in [5.41, 5.74) is 0.0235. The van der Waals surface area contributed by atoms with E-state index in [-0.39, 0.29) is 16.6 Å². The molecule has 6 heteroatoms. The van der Waals surface area contributed by atoms with Gasteiger partial charge in [-0.25, -0.2) is 12.7 Å². The minimum Gasteiger partial charge on any atom is -0.356 e. The van der Waals surface area contributed by atoms with E-state index in [0.29, 0.717) is 19.5 Å². The summed E-state index contributed by atoms with van der Waals surface area (Å²) in [6, 6.07) is 0. The molecule has 114 valence electrons. The molecule has 1 saturated carbocycles. The highest BCUT2D eigenvalue weighted by Gasteiger charge is 2.44. The van der Waals surface area contributed by atoms with Crippen molar-refractivity contribution in [3.8, 4) is 0 Å². The average molecular weight is 300 g/mol. The molecule has 2 aliphatic heterocycles. The molecule has 0 aromatic rings. The predicted molar refractivity (Wildman–Crippen MR) is 76.7 cm³/mol. The molecule has 20 heavy (non-hydrogen) atoms. The van der Waals surface area contributed by atoms with Crippen LogP contribution in [-0.2, 0) is 14.8 Å². The number of rotatable bonds is 2. The van der Waals surface area contributed by atoms with Crippen LogP contribution in [0.5, 0.6) is 0 Å². The Kier molecular flexibility index (Phi) is 3.79. The van der Waals surface area contributed by atoms with Gasteiger partial charge in [-0.3, -0.25) is 4.79 Å². The number of amides is 1. The summed E-state index contributed by atoms with van der Waals surface area (Å²) < 4.78 is 27.0. The van der Waals surface area contributed by atoms with Gasteiger partial charge < -0.3 is 5.32 Å². The maximum Gasteiger partial charge on any atom is 0.220 e. The fourth-order valence-corrected chi connectivity index (χ4v) is 5.94. The van der Waals surface area contributed by atoms with Crippen molar-refractivity contribution in [3.05, 3.63) is 0 Å². The molecule has 1 N–H and O–H groups in total. The predicted octanol–water partition coefficient (Wildman–Crippen LogP) is 1.25. The van der Waals surface area contributed by atoms with Crippen LogP contribution in [0.1, 0.15) is 51.4 Å². The van der Waals surface area contributed by atoms with Crippen LogP contribution < -0.4 is 5.32 Å². The van der Waals surface area contributed by atoms with E-state index in [1.807, 2.05) is 0 Å². The van der Waals surface area contributed by atoms with Crippen molar-refractivity contribution in [2.45, 2.75) is 56.6 Å². The topological polar surface area (TPSA) is 66.5 Å². The molecule has 0 aromatic heterocycles. The lowest BCUT2D eigenvalue weighted by molar-refractivity contribution is -0.119. The van der Waals surface area contributed by atoms with Gasteiger partial charge >= 0.3 is 0 Å². The third kappa shape index (κ3) is 2.60. The second-order valence-corrected chi connectivity index (χ2v) is 8.87.